The van der Waals surface area contributed by atoms with Crippen LogP contribution in [0.1, 0.15) is 17.2 Å². The molecule has 0 spiro atoms. The number of aromatic nitrogens is 4. The molecule has 0 radical (unpaired) electrons. The van der Waals surface area contributed by atoms with Crippen LogP contribution >= 0.6 is 11.6 Å². The van der Waals surface area contributed by atoms with E-state index in [9.17, 15) is 4.79 Å². The van der Waals surface area contributed by atoms with Crippen molar-refractivity contribution in [3.8, 4) is 5.69 Å². The lowest BCUT2D eigenvalue weighted by molar-refractivity contribution is -0.120. The minimum Gasteiger partial charge on any atom is -0.354 e. The highest BCUT2D eigenvalue weighted by atomic mass is 35.5. The molecule has 140 valence electrons. The van der Waals surface area contributed by atoms with Crippen molar-refractivity contribution in [2.75, 3.05) is 20.6 Å². The molecule has 1 heterocycles. The Balaban J connectivity index is 1.59. The molecule has 1 N–H and O–H groups in total. The normalized spacial score (nSPS) is 12.1. The van der Waals surface area contributed by atoms with Crippen LogP contribution in [0, 0.1) is 0 Å². The van der Waals surface area contributed by atoms with Gasteiger partial charge in [-0.3, -0.25) is 4.79 Å². The minimum absolute atomic E-state index is 0.00448. The van der Waals surface area contributed by atoms with Gasteiger partial charge in [0.05, 0.1) is 18.2 Å². The van der Waals surface area contributed by atoms with E-state index in [1.165, 1.54) is 6.33 Å². The molecule has 7 nitrogen and oxygen atoms in total. The summed E-state index contributed by atoms with van der Waals surface area (Å²) in [6.45, 7) is 0.484. The summed E-state index contributed by atoms with van der Waals surface area (Å²) in [5.41, 5.74) is 2.76. The van der Waals surface area contributed by atoms with Gasteiger partial charge in [0.1, 0.15) is 6.33 Å². The number of tetrazole rings is 1. The van der Waals surface area contributed by atoms with E-state index in [4.69, 9.17) is 11.6 Å². The number of carbonyl (C=O) groups excluding carboxylic acids is 1. The molecule has 0 aliphatic heterocycles. The molecule has 27 heavy (non-hydrogen) atoms. The topological polar surface area (TPSA) is 75.9 Å². The lowest BCUT2D eigenvalue weighted by Crippen LogP contribution is -2.35. The molecule has 0 bridgehead atoms. The van der Waals surface area contributed by atoms with Crippen molar-refractivity contribution in [1.82, 2.24) is 30.4 Å². The average molecular weight is 385 g/mol. The minimum atomic E-state index is -0.0379. The third-order valence-corrected chi connectivity index (χ3v) is 4.64. The second-order valence-electron chi connectivity index (χ2n) is 6.40. The largest absolute Gasteiger partial charge is 0.354 e. The Morgan fingerprint density at radius 2 is 1.93 bits per heavy atom. The monoisotopic (exact) mass is 384 g/mol. The first-order valence-electron chi connectivity index (χ1n) is 8.54. The van der Waals surface area contributed by atoms with Crippen LogP contribution < -0.4 is 5.32 Å². The maximum Gasteiger partial charge on any atom is 0.224 e. The second kappa shape index (κ2) is 8.75. The van der Waals surface area contributed by atoms with Crippen LogP contribution in [0.2, 0.25) is 5.02 Å². The molecule has 1 atom stereocenters. The summed E-state index contributed by atoms with van der Waals surface area (Å²) >= 11 is 6.31. The molecule has 3 aromatic rings. The number of nitrogens with zero attached hydrogens (tertiary/aromatic N) is 5. The van der Waals surface area contributed by atoms with Gasteiger partial charge in [0.2, 0.25) is 5.91 Å². The van der Waals surface area contributed by atoms with Crippen molar-refractivity contribution in [2.24, 2.45) is 0 Å². The molecular weight excluding hydrogens is 364 g/mol. The van der Waals surface area contributed by atoms with Crippen molar-refractivity contribution in [1.29, 1.82) is 0 Å². The highest BCUT2D eigenvalue weighted by molar-refractivity contribution is 6.31. The van der Waals surface area contributed by atoms with E-state index < -0.39 is 0 Å². The number of hydrogen-bond acceptors (Lipinski definition) is 5. The molecule has 1 unspecified atom stereocenters. The predicted octanol–water partition coefficient (Wildman–Crippen LogP) is 2.28. The standard InChI is InChI=1S/C19H21ClN6O/c1-25(2)18(16-5-3-4-6-17(16)20)12-21-19(27)11-14-7-9-15(10-8-14)26-13-22-23-24-26/h3-10,13,18H,11-12H2,1-2H3,(H,21,27). The third-order valence-electron chi connectivity index (χ3n) is 4.29. The van der Waals surface area contributed by atoms with Gasteiger partial charge in [-0.2, -0.15) is 0 Å². The van der Waals surface area contributed by atoms with Gasteiger partial charge in [-0.05, 0) is 53.8 Å². The molecule has 2 aromatic carbocycles. The molecule has 8 heteroatoms. The predicted molar refractivity (Wildman–Crippen MR) is 104 cm³/mol. The Morgan fingerprint density at radius 3 is 2.56 bits per heavy atom. The van der Waals surface area contributed by atoms with Gasteiger partial charge >= 0.3 is 0 Å². The maximum atomic E-state index is 12.4. The van der Waals surface area contributed by atoms with Crippen LogP contribution in [0.15, 0.2) is 54.9 Å². The van der Waals surface area contributed by atoms with Crippen LogP contribution in [0.4, 0.5) is 0 Å². The maximum absolute atomic E-state index is 12.4. The van der Waals surface area contributed by atoms with Crippen LogP contribution in [0.25, 0.3) is 5.69 Å². The van der Waals surface area contributed by atoms with Crippen molar-refractivity contribution in [3.05, 3.63) is 71.0 Å². The van der Waals surface area contributed by atoms with Crippen LogP contribution in [-0.4, -0.2) is 51.7 Å². The zero-order valence-corrected chi connectivity index (χ0v) is 16.0. The molecule has 0 saturated carbocycles. The Labute approximate surface area is 162 Å². The van der Waals surface area contributed by atoms with E-state index in [1.54, 1.807) is 4.68 Å². The van der Waals surface area contributed by atoms with E-state index in [0.717, 1.165) is 16.8 Å². The second-order valence-corrected chi connectivity index (χ2v) is 6.81. The van der Waals surface area contributed by atoms with Crippen molar-refractivity contribution in [3.63, 3.8) is 0 Å². The highest BCUT2D eigenvalue weighted by Crippen LogP contribution is 2.25. The Morgan fingerprint density at radius 1 is 1.19 bits per heavy atom. The van der Waals surface area contributed by atoms with Gasteiger partial charge in [-0.25, -0.2) is 4.68 Å². The summed E-state index contributed by atoms with van der Waals surface area (Å²) in [6.07, 6.45) is 1.83. The summed E-state index contributed by atoms with van der Waals surface area (Å²) < 4.78 is 1.56. The number of halogens is 1. The number of benzene rings is 2. The molecule has 0 fully saturated rings. The Kier molecular flexibility index (Phi) is 6.16. The number of amides is 1. The average Bonchev–Trinajstić information content (AvgIpc) is 3.18. The van der Waals surface area contributed by atoms with E-state index in [0.29, 0.717) is 18.0 Å². The van der Waals surface area contributed by atoms with E-state index >= 15 is 0 Å². The summed E-state index contributed by atoms with van der Waals surface area (Å²) in [5.74, 6) is -0.0379. The zero-order chi connectivity index (χ0) is 19.2. The lowest BCUT2D eigenvalue weighted by Gasteiger charge is -2.26. The molecule has 0 aliphatic carbocycles. The van der Waals surface area contributed by atoms with Gasteiger partial charge in [-0.15, -0.1) is 5.10 Å². The van der Waals surface area contributed by atoms with E-state index in [1.807, 2.05) is 67.5 Å². The van der Waals surface area contributed by atoms with Crippen LogP contribution in [-0.2, 0) is 11.2 Å². The molecular formula is C19H21ClN6O. The Hall–Kier alpha value is -2.77. The summed E-state index contributed by atoms with van der Waals surface area (Å²) in [7, 11) is 3.94. The van der Waals surface area contributed by atoms with Crippen LogP contribution in [0.3, 0.4) is 0 Å². The van der Waals surface area contributed by atoms with E-state index in [-0.39, 0.29) is 11.9 Å². The Bertz CT molecular complexity index is 879. The first kappa shape index (κ1) is 19.0. The van der Waals surface area contributed by atoms with Gasteiger partial charge in [0, 0.05) is 11.6 Å². The van der Waals surface area contributed by atoms with E-state index in [2.05, 4.69) is 20.8 Å². The quantitative estimate of drug-likeness (QED) is 0.676. The van der Waals surface area contributed by atoms with Crippen molar-refractivity contribution < 1.29 is 4.79 Å². The number of hydrogen-bond donors (Lipinski definition) is 1. The fourth-order valence-electron chi connectivity index (χ4n) is 2.82. The first-order chi connectivity index (χ1) is 13.0. The van der Waals surface area contributed by atoms with Gasteiger partial charge in [-0.1, -0.05) is 41.9 Å². The van der Waals surface area contributed by atoms with Gasteiger partial charge < -0.3 is 10.2 Å². The molecule has 3 rings (SSSR count). The van der Waals surface area contributed by atoms with Gasteiger partial charge in [0.15, 0.2) is 0 Å². The number of nitrogens with one attached hydrogen (secondary N) is 1. The third kappa shape index (κ3) is 4.90. The number of carbonyl (C=O) groups is 1. The summed E-state index contributed by atoms with van der Waals surface area (Å²) in [4.78, 5) is 14.4. The SMILES string of the molecule is CN(C)C(CNC(=O)Cc1ccc(-n2cnnn2)cc1)c1ccccc1Cl. The fourth-order valence-corrected chi connectivity index (χ4v) is 3.08. The summed E-state index contributed by atoms with van der Waals surface area (Å²) in [6, 6.07) is 15.3. The zero-order valence-electron chi connectivity index (χ0n) is 15.2. The highest BCUT2D eigenvalue weighted by Gasteiger charge is 2.17. The van der Waals surface area contributed by atoms with Crippen LogP contribution in [0.5, 0.6) is 0 Å². The molecule has 1 amide bonds. The number of likely N-dealkylation sites (N-methyl/N-ethyl adjacent to an activating group) is 1. The molecule has 0 aliphatic rings. The lowest BCUT2D eigenvalue weighted by atomic mass is 10.1. The van der Waals surface area contributed by atoms with Crippen molar-refractivity contribution >= 4 is 17.5 Å². The number of rotatable bonds is 7. The summed E-state index contributed by atoms with van der Waals surface area (Å²) in [5, 5.41) is 14.8. The smallest absolute Gasteiger partial charge is 0.224 e. The fraction of sp³-hybridized carbons (Fsp3) is 0.263. The van der Waals surface area contributed by atoms with Gasteiger partial charge in [0.25, 0.3) is 0 Å². The van der Waals surface area contributed by atoms with Crippen molar-refractivity contribution in [2.45, 2.75) is 12.5 Å². The first-order valence-corrected chi connectivity index (χ1v) is 8.92. The molecule has 1 aromatic heterocycles. The molecule has 0 saturated heterocycles.